The van der Waals surface area contributed by atoms with Crippen LogP contribution in [0.1, 0.15) is 10.4 Å². The van der Waals surface area contributed by atoms with Crippen molar-refractivity contribution in [2.75, 3.05) is 40.4 Å². The summed E-state index contributed by atoms with van der Waals surface area (Å²) >= 11 is 11.2. The van der Waals surface area contributed by atoms with E-state index in [0.29, 0.717) is 43.2 Å². The van der Waals surface area contributed by atoms with Crippen LogP contribution >= 0.6 is 23.2 Å². The van der Waals surface area contributed by atoms with Crippen LogP contribution < -0.4 is 9.47 Å². The van der Waals surface area contributed by atoms with Gasteiger partial charge >= 0.3 is 0 Å². The van der Waals surface area contributed by atoms with Gasteiger partial charge < -0.3 is 19.3 Å². The van der Waals surface area contributed by atoms with Crippen molar-refractivity contribution in [3.63, 3.8) is 0 Å². The van der Waals surface area contributed by atoms with Crippen LogP contribution in [0, 0.1) is 0 Å². The molecule has 0 aromatic heterocycles. The van der Waals surface area contributed by atoms with Crippen molar-refractivity contribution in [3.8, 4) is 11.5 Å². The van der Waals surface area contributed by atoms with Gasteiger partial charge in [-0.2, -0.15) is 0 Å². The molecule has 23 heavy (non-hydrogen) atoms. The fraction of sp³-hybridized carbons (Fsp3) is 0.467. The zero-order chi connectivity index (χ0) is 17.0. The second-order valence-electron chi connectivity index (χ2n) is 4.96. The molecule has 1 aromatic rings. The van der Waals surface area contributed by atoms with Crippen molar-refractivity contribution in [1.29, 1.82) is 0 Å². The minimum Gasteiger partial charge on any atom is -0.496 e. The Hall–Kier alpha value is -1.66. The number of hydrogen-bond donors (Lipinski definition) is 0. The Morgan fingerprint density at radius 1 is 1.00 bits per heavy atom. The molecule has 0 bridgehead atoms. The molecular formula is C15H18Cl2N2O4. The first-order valence-electron chi connectivity index (χ1n) is 7.06. The van der Waals surface area contributed by atoms with E-state index in [9.17, 15) is 9.59 Å². The number of amides is 2. The highest BCUT2D eigenvalue weighted by molar-refractivity contribution is 6.53. The van der Waals surface area contributed by atoms with Gasteiger partial charge in [-0.05, 0) is 12.1 Å². The van der Waals surface area contributed by atoms with Gasteiger partial charge in [0.1, 0.15) is 17.1 Å². The Morgan fingerprint density at radius 3 is 1.91 bits per heavy atom. The van der Waals surface area contributed by atoms with E-state index in [0.717, 1.165) is 0 Å². The van der Waals surface area contributed by atoms with E-state index in [1.54, 1.807) is 28.0 Å². The summed E-state index contributed by atoms with van der Waals surface area (Å²) in [6.45, 7) is 1.56. The van der Waals surface area contributed by atoms with Gasteiger partial charge in [0.25, 0.3) is 11.8 Å². The van der Waals surface area contributed by atoms with Crippen molar-refractivity contribution in [1.82, 2.24) is 9.80 Å². The van der Waals surface area contributed by atoms with E-state index in [1.165, 1.54) is 14.2 Å². The molecule has 1 aromatic carbocycles. The van der Waals surface area contributed by atoms with Gasteiger partial charge in [-0.1, -0.05) is 29.3 Å². The number of benzene rings is 1. The third kappa shape index (κ3) is 3.82. The van der Waals surface area contributed by atoms with E-state index >= 15 is 0 Å². The lowest BCUT2D eigenvalue weighted by molar-refractivity contribution is -0.130. The Bertz CT molecular complexity index is 565. The quantitative estimate of drug-likeness (QED) is 0.768. The standard InChI is InChI=1S/C15H18Cl2N2O4/c1-22-10-4-3-5-11(23-2)12(10)14(20)18-6-8-19(9-7-18)15(21)13(16)17/h3-5,13H,6-9H2,1-2H3. The zero-order valence-electron chi connectivity index (χ0n) is 12.9. The molecule has 1 heterocycles. The van der Waals surface area contributed by atoms with Gasteiger partial charge in [-0.3, -0.25) is 9.59 Å². The summed E-state index contributed by atoms with van der Waals surface area (Å²) in [6, 6.07) is 5.17. The first-order valence-corrected chi connectivity index (χ1v) is 7.94. The first kappa shape index (κ1) is 17.7. The lowest BCUT2D eigenvalue weighted by Gasteiger charge is -2.35. The summed E-state index contributed by atoms with van der Waals surface area (Å²) in [7, 11) is 3.01. The molecular weight excluding hydrogens is 343 g/mol. The molecule has 0 saturated carbocycles. The summed E-state index contributed by atoms with van der Waals surface area (Å²) in [6.07, 6.45) is 0. The summed E-state index contributed by atoms with van der Waals surface area (Å²) in [5.41, 5.74) is 0.379. The molecule has 0 atom stereocenters. The molecule has 0 radical (unpaired) electrons. The Balaban J connectivity index is 2.13. The van der Waals surface area contributed by atoms with Gasteiger partial charge in [0.05, 0.1) is 14.2 Å². The highest BCUT2D eigenvalue weighted by atomic mass is 35.5. The lowest BCUT2D eigenvalue weighted by atomic mass is 10.1. The Kier molecular flexibility index (Phi) is 5.96. The first-order chi connectivity index (χ1) is 11.0. The third-order valence-electron chi connectivity index (χ3n) is 3.71. The lowest BCUT2D eigenvalue weighted by Crippen LogP contribution is -2.51. The van der Waals surface area contributed by atoms with Gasteiger partial charge in [-0.25, -0.2) is 0 Å². The van der Waals surface area contributed by atoms with Crippen molar-refractivity contribution in [2.24, 2.45) is 0 Å². The predicted octanol–water partition coefficient (Wildman–Crippen LogP) is 1.79. The van der Waals surface area contributed by atoms with Crippen molar-refractivity contribution >= 4 is 35.0 Å². The normalized spacial score (nSPS) is 14.8. The molecule has 0 N–H and O–H groups in total. The predicted molar refractivity (Wildman–Crippen MR) is 87.5 cm³/mol. The number of alkyl halides is 2. The maximum absolute atomic E-state index is 12.8. The minimum absolute atomic E-state index is 0.195. The SMILES string of the molecule is COc1cccc(OC)c1C(=O)N1CCN(C(=O)C(Cl)Cl)CC1. The van der Waals surface area contributed by atoms with Crippen molar-refractivity contribution in [3.05, 3.63) is 23.8 Å². The molecule has 8 heteroatoms. The molecule has 0 aliphatic carbocycles. The van der Waals surface area contributed by atoms with Gasteiger partial charge in [0, 0.05) is 26.2 Å². The average molecular weight is 361 g/mol. The van der Waals surface area contributed by atoms with E-state index in [1.807, 2.05) is 0 Å². The van der Waals surface area contributed by atoms with Crippen LogP contribution in [0.25, 0.3) is 0 Å². The largest absolute Gasteiger partial charge is 0.496 e. The number of nitrogens with zero attached hydrogens (tertiary/aromatic N) is 2. The number of piperazine rings is 1. The Morgan fingerprint density at radius 2 is 1.48 bits per heavy atom. The van der Waals surface area contributed by atoms with Crippen LogP contribution in [0.15, 0.2) is 18.2 Å². The molecule has 6 nitrogen and oxygen atoms in total. The molecule has 126 valence electrons. The molecule has 1 fully saturated rings. The van der Waals surface area contributed by atoms with Crippen LogP contribution in [-0.2, 0) is 4.79 Å². The van der Waals surface area contributed by atoms with Gasteiger partial charge in [-0.15, -0.1) is 0 Å². The minimum atomic E-state index is -1.08. The molecule has 1 aliphatic heterocycles. The van der Waals surface area contributed by atoms with Gasteiger partial charge in [0.15, 0.2) is 4.84 Å². The number of methoxy groups -OCH3 is 2. The number of carbonyl (C=O) groups is 2. The number of hydrogen-bond acceptors (Lipinski definition) is 4. The maximum Gasteiger partial charge on any atom is 0.261 e. The second-order valence-corrected chi connectivity index (χ2v) is 6.05. The molecule has 0 unspecified atom stereocenters. The molecule has 1 saturated heterocycles. The number of carbonyl (C=O) groups excluding carboxylic acids is 2. The molecule has 1 aliphatic rings. The average Bonchev–Trinajstić information content (AvgIpc) is 2.59. The van der Waals surface area contributed by atoms with Crippen molar-refractivity contribution in [2.45, 2.75) is 4.84 Å². The summed E-state index contributed by atoms with van der Waals surface area (Å²) in [5, 5.41) is 0. The molecule has 0 spiro atoms. The molecule has 2 rings (SSSR count). The summed E-state index contributed by atoms with van der Waals surface area (Å²) < 4.78 is 10.5. The van der Waals surface area contributed by atoms with Crippen LogP contribution in [-0.4, -0.2) is 66.8 Å². The molecule has 2 amide bonds. The highest BCUT2D eigenvalue weighted by Gasteiger charge is 2.30. The fourth-order valence-electron chi connectivity index (χ4n) is 2.49. The smallest absolute Gasteiger partial charge is 0.261 e. The van der Waals surface area contributed by atoms with Crippen LogP contribution in [0.4, 0.5) is 0 Å². The van der Waals surface area contributed by atoms with Crippen LogP contribution in [0.3, 0.4) is 0 Å². The monoisotopic (exact) mass is 360 g/mol. The van der Waals surface area contributed by atoms with Crippen molar-refractivity contribution < 1.29 is 19.1 Å². The number of halogens is 2. The zero-order valence-corrected chi connectivity index (χ0v) is 14.4. The number of ether oxygens (including phenoxy) is 2. The van der Waals surface area contributed by atoms with Gasteiger partial charge in [0.2, 0.25) is 0 Å². The summed E-state index contributed by atoms with van der Waals surface area (Å²) in [5.74, 6) is 0.374. The van der Waals surface area contributed by atoms with Crippen LogP contribution in [0.5, 0.6) is 11.5 Å². The van der Waals surface area contributed by atoms with E-state index in [-0.39, 0.29) is 11.8 Å². The van der Waals surface area contributed by atoms with Crippen LogP contribution in [0.2, 0.25) is 0 Å². The number of rotatable bonds is 4. The summed E-state index contributed by atoms with van der Waals surface area (Å²) in [4.78, 5) is 26.7. The maximum atomic E-state index is 12.8. The fourth-order valence-corrected chi connectivity index (χ4v) is 2.76. The Labute approximate surface area is 144 Å². The second kappa shape index (κ2) is 7.75. The van der Waals surface area contributed by atoms with E-state index < -0.39 is 4.84 Å². The highest BCUT2D eigenvalue weighted by Crippen LogP contribution is 2.29. The van der Waals surface area contributed by atoms with E-state index in [4.69, 9.17) is 32.7 Å². The van der Waals surface area contributed by atoms with E-state index in [2.05, 4.69) is 0 Å². The topological polar surface area (TPSA) is 59.1 Å². The third-order valence-corrected chi connectivity index (χ3v) is 4.08.